The molecule has 0 fully saturated rings. The van der Waals surface area contributed by atoms with Crippen LogP contribution in [0.2, 0.25) is 0 Å². The van der Waals surface area contributed by atoms with Crippen molar-refractivity contribution in [2.24, 2.45) is 5.92 Å². The summed E-state index contributed by atoms with van der Waals surface area (Å²) in [6.45, 7) is 4.51. The van der Waals surface area contributed by atoms with Gasteiger partial charge in [0.25, 0.3) is 0 Å². The van der Waals surface area contributed by atoms with Gasteiger partial charge in [-0.1, -0.05) is 20.3 Å². The SMILES string of the molecule is CCC(NC)C(NC)C(C)CCCCC=O. The maximum Gasteiger partial charge on any atom is 0.119 e. The minimum atomic E-state index is 0.520. The lowest BCUT2D eigenvalue weighted by Gasteiger charge is -2.31. The van der Waals surface area contributed by atoms with Crippen LogP contribution in [0.5, 0.6) is 0 Å². The maximum absolute atomic E-state index is 10.2. The topological polar surface area (TPSA) is 41.1 Å². The fraction of sp³-hybridized carbons (Fsp3) is 0.923. The Morgan fingerprint density at radius 2 is 1.88 bits per heavy atom. The molecule has 0 aliphatic carbocycles. The molecule has 16 heavy (non-hydrogen) atoms. The average Bonchev–Trinajstić information content (AvgIpc) is 2.31. The zero-order valence-electron chi connectivity index (χ0n) is 11.3. The summed E-state index contributed by atoms with van der Waals surface area (Å²) in [6.07, 6.45) is 6.24. The van der Waals surface area contributed by atoms with Crippen LogP contribution >= 0.6 is 0 Å². The summed E-state index contributed by atoms with van der Waals surface area (Å²) in [7, 11) is 4.06. The second-order valence-electron chi connectivity index (χ2n) is 4.55. The monoisotopic (exact) mass is 228 g/mol. The van der Waals surface area contributed by atoms with Crippen molar-refractivity contribution in [2.75, 3.05) is 14.1 Å². The summed E-state index contributed by atoms with van der Waals surface area (Å²) in [6, 6.07) is 1.05. The molecule has 3 atom stereocenters. The molecule has 0 bridgehead atoms. The van der Waals surface area contributed by atoms with Gasteiger partial charge >= 0.3 is 0 Å². The average molecular weight is 228 g/mol. The molecule has 0 aliphatic heterocycles. The van der Waals surface area contributed by atoms with Crippen LogP contribution in [0, 0.1) is 5.92 Å². The molecule has 0 radical (unpaired) electrons. The van der Waals surface area contributed by atoms with E-state index in [0.717, 1.165) is 25.5 Å². The smallest absolute Gasteiger partial charge is 0.119 e. The van der Waals surface area contributed by atoms with Gasteiger partial charge in [0.15, 0.2) is 0 Å². The number of hydrogen-bond acceptors (Lipinski definition) is 3. The zero-order chi connectivity index (χ0) is 12.4. The molecule has 2 N–H and O–H groups in total. The number of nitrogens with one attached hydrogen (secondary N) is 2. The van der Waals surface area contributed by atoms with Crippen LogP contribution in [0.1, 0.15) is 46.0 Å². The van der Waals surface area contributed by atoms with Crippen molar-refractivity contribution >= 4 is 6.29 Å². The van der Waals surface area contributed by atoms with Crippen molar-refractivity contribution in [3.63, 3.8) is 0 Å². The van der Waals surface area contributed by atoms with Crippen LogP contribution in [-0.4, -0.2) is 32.5 Å². The molecule has 0 aromatic carbocycles. The van der Waals surface area contributed by atoms with Crippen LogP contribution in [-0.2, 0) is 4.79 Å². The molecule has 0 aromatic heterocycles. The number of likely N-dealkylation sites (N-methyl/N-ethyl adjacent to an activating group) is 2. The highest BCUT2D eigenvalue weighted by atomic mass is 16.1. The Balaban J connectivity index is 3.98. The first-order valence-corrected chi connectivity index (χ1v) is 6.49. The minimum absolute atomic E-state index is 0.520. The standard InChI is InChI=1S/C13H28N2O/c1-5-12(14-3)13(15-4)11(2)9-7-6-8-10-16/h10-15H,5-9H2,1-4H3. The molecule has 0 spiro atoms. The zero-order valence-corrected chi connectivity index (χ0v) is 11.3. The van der Waals surface area contributed by atoms with Crippen molar-refractivity contribution in [3.05, 3.63) is 0 Å². The van der Waals surface area contributed by atoms with E-state index in [1.54, 1.807) is 0 Å². The van der Waals surface area contributed by atoms with Crippen LogP contribution in [0.3, 0.4) is 0 Å². The van der Waals surface area contributed by atoms with Crippen molar-refractivity contribution in [1.29, 1.82) is 0 Å². The van der Waals surface area contributed by atoms with E-state index in [2.05, 4.69) is 24.5 Å². The summed E-state index contributed by atoms with van der Waals surface area (Å²) in [5.41, 5.74) is 0. The van der Waals surface area contributed by atoms with Crippen molar-refractivity contribution in [1.82, 2.24) is 10.6 Å². The molecule has 96 valence electrons. The summed E-state index contributed by atoms with van der Waals surface area (Å²) < 4.78 is 0. The van der Waals surface area contributed by atoms with Gasteiger partial charge in [0.1, 0.15) is 6.29 Å². The van der Waals surface area contributed by atoms with Gasteiger partial charge in [-0.25, -0.2) is 0 Å². The van der Waals surface area contributed by atoms with E-state index >= 15 is 0 Å². The predicted molar refractivity (Wildman–Crippen MR) is 69.7 cm³/mol. The first kappa shape index (κ1) is 15.6. The van der Waals surface area contributed by atoms with Crippen LogP contribution in [0.25, 0.3) is 0 Å². The molecule has 0 heterocycles. The Labute approximate surface area is 100 Å². The largest absolute Gasteiger partial charge is 0.315 e. The first-order chi connectivity index (χ1) is 7.71. The molecule has 3 nitrogen and oxygen atoms in total. The summed E-state index contributed by atoms with van der Waals surface area (Å²) in [4.78, 5) is 10.2. The van der Waals surface area contributed by atoms with E-state index in [-0.39, 0.29) is 0 Å². The molecular weight excluding hydrogens is 200 g/mol. The van der Waals surface area contributed by atoms with Gasteiger partial charge < -0.3 is 15.4 Å². The molecule has 0 amide bonds. The number of carbonyl (C=O) groups is 1. The van der Waals surface area contributed by atoms with Gasteiger partial charge in [-0.3, -0.25) is 0 Å². The molecular formula is C13H28N2O. The Morgan fingerprint density at radius 1 is 1.19 bits per heavy atom. The van der Waals surface area contributed by atoms with E-state index in [1.807, 2.05) is 14.1 Å². The third-order valence-corrected chi connectivity index (χ3v) is 3.42. The molecule has 0 saturated heterocycles. The fourth-order valence-electron chi connectivity index (χ4n) is 2.39. The predicted octanol–water partition coefficient (Wildman–Crippen LogP) is 1.97. The molecule has 3 unspecified atom stereocenters. The van der Waals surface area contributed by atoms with Crippen molar-refractivity contribution < 1.29 is 4.79 Å². The number of unbranched alkanes of at least 4 members (excludes halogenated alkanes) is 2. The third-order valence-electron chi connectivity index (χ3n) is 3.42. The van der Waals surface area contributed by atoms with Gasteiger partial charge in [0, 0.05) is 18.5 Å². The Morgan fingerprint density at radius 3 is 2.31 bits per heavy atom. The van der Waals surface area contributed by atoms with Crippen molar-refractivity contribution in [3.8, 4) is 0 Å². The molecule has 0 saturated carbocycles. The van der Waals surface area contributed by atoms with Gasteiger partial charge in [-0.05, 0) is 39.3 Å². The highest BCUT2D eigenvalue weighted by molar-refractivity contribution is 5.48. The maximum atomic E-state index is 10.2. The minimum Gasteiger partial charge on any atom is -0.315 e. The lowest BCUT2D eigenvalue weighted by Crippen LogP contribution is -2.48. The van der Waals surface area contributed by atoms with Crippen molar-refractivity contribution in [2.45, 2.75) is 58.0 Å². The number of rotatable bonds is 10. The highest BCUT2D eigenvalue weighted by Crippen LogP contribution is 2.16. The second kappa shape index (κ2) is 9.79. The number of aldehydes is 1. The number of hydrogen-bond donors (Lipinski definition) is 2. The van der Waals surface area contributed by atoms with Gasteiger partial charge in [0.2, 0.25) is 0 Å². The van der Waals surface area contributed by atoms with E-state index in [4.69, 9.17) is 0 Å². The second-order valence-corrected chi connectivity index (χ2v) is 4.55. The molecule has 0 aromatic rings. The highest BCUT2D eigenvalue weighted by Gasteiger charge is 2.22. The fourth-order valence-corrected chi connectivity index (χ4v) is 2.39. The molecule has 0 aliphatic rings. The summed E-state index contributed by atoms with van der Waals surface area (Å²) in [5, 5.41) is 6.78. The lowest BCUT2D eigenvalue weighted by atomic mass is 9.89. The summed E-state index contributed by atoms with van der Waals surface area (Å²) >= 11 is 0. The molecule has 3 heteroatoms. The first-order valence-electron chi connectivity index (χ1n) is 6.49. The Kier molecular flexibility index (Phi) is 9.54. The van der Waals surface area contributed by atoms with E-state index < -0.39 is 0 Å². The quantitative estimate of drug-likeness (QED) is 0.444. The van der Waals surface area contributed by atoms with E-state index in [1.165, 1.54) is 6.42 Å². The van der Waals surface area contributed by atoms with Gasteiger partial charge in [0.05, 0.1) is 0 Å². The third kappa shape index (κ3) is 5.61. The summed E-state index contributed by atoms with van der Waals surface area (Å²) in [5.74, 6) is 0.647. The molecule has 0 rings (SSSR count). The van der Waals surface area contributed by atoms with E-state index in [0.29, 0.717) is 24.4 Å². The van der Waals surface area contributed by atoms with Gasteiger partial charge in [-0.2, -0.15) is 0 Å². The van der Waals surface area contributed by atoms with Crippen LogP contribution in [0.4, 0.5) is 0 Å². The van der Waals surface area contributed by atoms with E-state index in [9.17, 15) is 4.79 Å². The Hall–Kier alpha value is -0.410. The lowest BCUT2D eigenvalue weighted by molar-refractivity contribution is -0.107. The van der Waals surface area contributed by atoms with Gasteiger partial charge in [-0.15, -0.1) is 0 Å². The van der Waals surface area contributed by atoms with Crippen LogP contribution in [0.15, 0.2) is 0 Å². The number of carbonyl (C=O) groups excluding carboxylic acids is 1. The Bertz CT molecular complexity index is 169. The normalized spacial score (nSPS) is 16.8. The van der Waals surface area contributed by atoms with Crippen LogP contribution < -0.4 is 10.6 Å².